The second-order valence-electron chi connectivity index (χ2n) is 4.88. The van der Waals surface area contributed by atoms with Gasteiger partial charge in [0.1, 0.15) is 17.8 Å². The summed E-state index contributed by atoms with van der Waals surface area (Å²) in [4.78, 5) is 12.9. The highest BCUT2D eigenvalue weighted by Crippen LogP contribution is 2.26. The second kappa shape index (κ2) is 4.90. The lowest BCUT2D eigenvalue weighted by atomic mass is 10.1. The normalized spacial score (nSPS) is 10.5. The van der Waals surface area contributed by atoms with E-state index < -0.39 is 0 Å². The largest absolute Gasteiger partial charge is 0.282 e. The zero-order chi connectivity index (χ0) is 15.8. The van der Waals surface area contributed by atoms with Gasteiger partial charge in [-0.05, 0) is 17.7 Å². The number of aromatic nitrogens is 4. The first-order valence-corrected chi connectivity index (χ1v) is 6.86. The molecular formula is C17H8N6. The summed E-state index contributed by atoms with van der Waals surface area (Å²) >= 11 is 0. The molecule has 0 bridgehead atoms. The predicted molar refractivity (Wildman–Crippen MR) is 83.2 cm³/mol. The van der Waals surface area contributed by atoms with Gasteiger partial charge in [0.2, 0.25) is 0 Å². The molecule has 106 valence electrons. The quantitative estimate of drug-likeness (QED) is 0.538. The molecule has 0 unspecified atom stereocenters. The van der Waals surface area contributed by atoms with Crippen molar-refractivity contribution in [3.8, 4) is 23.3 Å². The Kier molecular flexibility index (Phi) is 2.76. The first kappa shape index (κ1) is 12.9. The highest BCUT2D eigenvalue weighted by molar-refractivity contribution is 5.84. The van der Waals surface area contributed by atoms with Crippen molar-refractivity contribution in [3.63, 3.8) is 0 Å². The average Bonchev–Trinajstić information content (AvgIpc) is 2.98. The summed E-state index contributed by atoms with van der Waals surface area (Å²) in [7, 11) is 0. The fraction of sp³-hybridized carbons (Fsp3) is 0. The molecule has 4 rings (SSSR count). The molecule has 1 aromatic carbocycles. The zero-order valence-electron chi connectivity index (χ0n) is 11.8. The monoisotopic (exact) mass is 296 g/mol. The van der Waals surface area contributed by atoms with Crippen molar-refractivity contribution in [1.82, 2.24) is 19.4 Å². The van der Waals surface area contributed by atoms with Crippen molar-refractivity contribution in [2.24, 2.45) is 0 Å². The van der Waals surface area contributed by atoms with Crippen molar-refractivity contribution >= 4 is 16.9 Å². The van der Waals surface area contributed by atoms with E-state index in [0.29, 0.717) is 16.9 Å². The Labute approximate surface area is 130 Å². The SMILES string of the molecule is N#Cc1nc2nc3c(-c4ccccc4)cccn3c2nc1C#N. The van der Waals surface area contributed by atoms with E-state index in [1.54, 1.807) is 4.40 Å². The van der Waals surface area contributed by atoms with E-state index in [4.69, 9.17) is 10.5 Å². The van der Waals surface area contributed by atoms with Gasteiger partial charge in [-0.2, -0.15) is 10.5 Å². The minimum Gasteiger partial charge on any atom is -0.282 e. The molecule has 0 N–H and O–H groups in total. The molecule has 0 aliphatic heterocycles. The van der Waals surface area contributed by atoms with Crippen LogP contribution in [0.1, 0.15) is 11.4 Å². The topological polar surface area (TPSA) is 90.7 Å². The molecule has 23 heavy (non-hydrogen) atoms. The maximum absolute atomic E-state index is 9.12. The molecule has 0 saturated carbocycles. The van der Waals surface area contributed by atoms with Crippen LogP contribution < -0.4 is 0 Å². The van der Waals surface area contributed by atoms with Gasteiger partial charge in [0, 0.05) is 11.8 Å². The Morgan fingerprint density at radius 1 is 0.783 bits per heavy atom. The Morgan fingerprint density at radius 2 is 1.52 bits per heavy atom. The van der Waals surface area contributed by atoms with Crippen LogP contribution in [0.2, 0.25) is 0 Å². The van der Waals surface area contributed by atoms with E-state index in [1.165, 1.54) is 0 Å². The molecule has 0 amide bonds. The van der Waals surface area contributed by atoms with Crippen LogP contribution in [-0.2, 0) is 0 Å². The number of pyridine rings is 1. The fourth-order valence-electron chi connectivity index (χ4n) is 2.54. The van der Waals surface area contributed by atoms with Gasteiger partial charge in [-0.3, -0.25) is 4.40 Å². The lowest BCUT2D eigenvalue weighted by Gasteiger charge is -2.03. The van der Waals surface area contributed by atoms with Crippen LogP contribution in [0.15, 0.2) is 48.7 Å². The van der Waals surface area contributed by atoms with Gasteiger partial charge in [0.05, 0.1) is 0 Å². The average molecular weight is 296 g/mol. The summed E-state index contributed by atoms with van der Waals surface area (Å²) in [5.74, 6) is 0. The Hall–Kier alpha value is -3.77. The standard InChI is InChI=1S/C17H8N6/c18-9-13-14(10-19)21-17-15(20-13)22-16-12(7-4-8-23(16)17)11-5-2-1-3-6-11/h1-8H. The van der Waals surface area contributed by atoms with Gasteiger partial charge in [0.25, 0.3) is 0 Å². The molecule has 0 aliphatic carbocycles. The maximum Gasteiger partial charge on any atom is 0.199 e. The Bertz CT molecular complexity index is 1130. The summed E-state index contributed by atoms with van der Waals surface area (Å²) in [5.41, 5.74) is 3.46. The van der Waals surface area contributed by atoms with Crippen molar-refractivity contribution in [2.45, 2.75) is 0 Å². The van der Waals surface area contributed by atoms with Crippen LogP contribution in [0.4, 0.5) is 0 Å². The Balaban J connectivity index is 2.11. The number of hydrogen-bond donors (Lipinski definition) is 0. The molecular weight excluding hydrogens is 288 g/mol. The smallest absolute Gasteiger partial charge is 0.199 e. The van der Waals surface area contributed by atoms with Gasteiger partial charge in [0.15, 0.2) is 22.7 Å². The fourth-order valence-corrected chi connectivity index (χ4v) is 2.54. The van der Waals surface area contributed by atoms with Crippen LogP contribution in [0.25, 0.3) is 28.1 Å². The van der Waals surface area contributed by atoms with Crippen LogP contribution >= 0.6 is 0 Å². The van der Waals surface area contributed by atoms with Crippen molar-refractivity contribution < 1.29 is 0 Å². The molecule has 0 saturated heterocycles. The third-order valence-corrected chi connectivity index (χ3v) is 3.56. The molecule has 3 heterocycles. The first-order chi connectivity index (χ1) is 11.3. The van der Waals surface area contributed by atoms with Crippen LogP contribution in [-0.4, -0.2) is 19.4 Å². The number of nitriles is 2. The number of imidazole rings is 1. The van der Waals surface area contributed by atoms with Crippen LogP contribution in [0.5, 0.6) is 0 Å². The van der Waals surface area contributed by atoms with E-state index >= 15 is 0 Å². The number of benzene rings is 1. The van der Waals surface area contributed by atoms with Crippen molar-refractivity contribution in [3.05, 3.63) is 60.0 Å². The van der Waals surface area contributed by atoms with E-state index in [-0.39, 0.29) is 11.4 Å². The van der Waals surface area contributed by atoms with Crippen LogP contribution in [0, 0.1) is 22.7 Å². The third kappa shape index (κ3) is 1.90. The Morgan fingerprint density at radius 3 is 2.26 bits per heavy atom. The first-order valence-electron chi connectivity index (χ1n) is 6.86. The molecule has 6 heteroatoms. The summed E-state index contributed by atoms with van der Waals surface area (Å²) in [5, 5.41) is 18.2. The number of rotatable bonds is 1. The number of nitrogens with zero attached hydrogens (tertiary/aromatic N) is 6. The van der Waals surface area contributed by atoms with Crippen LogP contribution in [0.3, 0.4) is 0 Å². The molecule has 0 atom stereocenters. The molecule has 4 aromatic rings. The minimum absolute atomic E-state index is 0.00640. The van der Waals surface area contributed by atoms with E-state index in [9.17, 15) is 0 Å². The van der Waals surface area contributed by atoms with Gasteiger partial charge in [-0.1, -0.05) is 30.3 Å². The number of fused-ring (bicyclic) bond motifs is 3. The molecule has 0 aliphatic rings. The molecule has 6 nitrogen and oxygen atoms in total. The lowest BCUT2D eigenvalue weighted by molar-refractivity contribution is 1.14. The molecule has 0 fully saturated rings. The second-order valence-corrected chi connectivity index (χ2v) is 4.88. The zero-order valence-corrected chi connectivity index (χ0v) is 11.8. The van der Waals surface area contributed by atoms with E-state index in [2.05, 4.69) is 15.0 Å². The molecule has 0 spiro atoms. The van der Waals surface area contributed by atoms with Crippen molar-refractivity contribution in [1.29, 1.82) is 10.5 Å². The summed E-state index contributed by atoms with van der Waals surface area (Å²) < 4.78 is 1.78. The summed E-state index contributed by atoms with van der Waals surface area (Å²) in [6.45, 7) is 0. The van der Waals surface area contributed by atoms with E-state index in [0.717, 1.165) is 11.1 Å². The van der Waals surface area contributed by atoms with Gasteiger partial charge in [-0.25, -0.2) is 15.0 Å². The van der Waals surface area contributed by atoms with E-state index in [1.807, 2.05) is 60.8 Å². The minimum atomic E-state index is -0.00957. The highest BCUT2D eigenvalue weighted by atomic mass is 15.1. The summed E-state index contributed by atoms with van der Waals surface area (Å²) in [6.07, 6.45) is 1.82. The van der Waals surface area contributed by atoms with Gasteiger partial charge < -0.3 is 0 Å². The lowest BCUT2D eigenvalue weighted by Crippen LogP contribution is -1.96. The predicted octanol–water partition coefficient (Wildman–Crippen LogP) is 2.69. The van der Waals surface area contributed by atoms with Gasteiger partial charge in [-0.15, -0.1) is 0 Å². The summed E-state index contributed by atoms with van der Waals surface area (Å²) in [6, 6.07) is 17.5. The maximum atomic E-state index is 9.12. The third-order valence-electron chi connectivity index (χ3n) is 3.56. The molecule has 3 aromatic heterocycles. The number of hydrogen-bond acceptors (Lipinski definition) is 5. The van der Waals surface area contributed by atoms with Crippen molar-refractivity contribution in [2.75, 3.05) is 0 Å². The highest BCUT2D eigenvalue weighted by Gasteiger charge is 2.15. The van der Waals surface area contributed by atoms with Gasteiger partial charge >= 0.3 is 0 Å². The molecule has 0 radical (unpaired) electrons.